The van der Waals surface area contributed by atoms with Crippen LogP contribution in [0.15, 0.2) is 18.3 Å². The Morgan fingerprint density at radius 1 is 1.47 bits per heavy atom. The van der Waals surface area contributed by atoms with Crippen molar-refractivity contribution < 1.29 is 4.79 Å². The summed E-state index contributed by atoms with van der Waals surface area (Å²) in [4.78, 5) is 15.9. The second kappa shape index (κ2) is 5.66. The highest BCUT2D eigenvalue weighted by molar-refractivity contribution is 5.92. The molecule has 0 radical (unpaired) electrons. The highest BCUT2D eigenvalue weighted by Crippen LogP contribution is 2.27. The predicted molar refractivity (Wildman–Crippen MR) is 68.1 cm³/mol. The van der Waals surface area contributed by atoms with Crippen molar-refractivity contribution >= 4 is 11.6 Å². The van der Waals surface area contributed by atoms with E-state index in [1.54, 1.807) is 12.3 Å². The van der Waals surface area contributed by atoms with Crippen LogP contribution in [0, 0.1) is 5.92 Å². The maximum atomic E-state index is 11.7. The Bertz CT molecular complexity index is 371. The highest BCUT2D eigenvalue weighted by atomic mass is 16.1. The summed E-state index contributed by atoms with van der Waals surface area (Å²) >= 11 is 0. The molecule has 1 heterocycles. The molecule has 92 valence electrons. The average Bonchev–Trinajstić information content (AvgIpc) is 3.18. The molecular formula is C13H19N3O. The van der Waals surface area contributed by atoms with Gasteiger partial charge in [0.2, 0.25) is 0 Å². The number of amides is 1. The number of aromatic nitrogens is 1. The number of rotatable bonds is 6. The van der Waals surface area contributed by atoms with Gasteiger partial charge in [0.05, 0.1) is 11.9 Å². The number of carbonyl (C=O) groups is 1. The lowest BCUT2D eigenvalue weighted by atomic mass is 10.3. The molecule has 2 rings (SSSR count). The minimum absolute atomic E-state index is 0.0704. The van der Waals surface area contributed by atoms with Crippen LogP contribution in [-0.4, -0.2) is 24.0 Å². The number of pyridine rings is 1. The Labute approximate surface area is 102 Å². The van der Waals surface area contributed by atoms with Crippen molar-refractivity contribution in [1.29, 1.82) is 0 Å². The number of carbonyl (C=O) groups excluding carboxylic acids is 1. The van der Waals surface area contributed by atoms with Gasteiger partial charge in [-0.3, -0.25) is 4.79 Å². The summed E-state index contributed by atoms with van der Waals surface area (Å²) < 4.78 is 0. The van der Waals surface area contributed by atoms with Gasteiger partial charge in [0, 0.05) is 13.1 Å². The Morgan fingerprint density at radius 3 is 2.88 bits per heavy atom. The van der Waals surface area contributed by atoms with Gasteiger partial charge >= 0.3 is 0 Å². The van der Waals surface area contributed by atoms with E-state index in [1.165, 1.54) is 12.8 Å². The van der Waals surface area contributed by atoms with E-state index in [0.717, 1.165) is 25.2 Å². The van der Waals surface area contributed by atoms with Gasteiger partial charge in [-0.1, -0.05) is 6.92 Å². The zero-order chi connectivity index (χ0) is 12.1. The molecule has 0 aromatic carbocycles. The standard InChI is InChI=1S/C13H19N3O/c1-2-7-14-11-5-6-12(15-9-11)13(17)16-8-10-3-4-10/h5-6,9-10,14H,2-4,7-8H2,1H3,(H,16,17). The van der Waals surface area contributed by atoms with E-state index in [1.807, 2.05) is 6.07 Å². The first kappa shape index (κ1) is 11.9. The van der Waals surface area contributed by atoms with Gasteiger partial charge in [0.15, 0.2) is 0 Å². The van der Waals surface area contributed by atoms with Crippen molar-refractivity contribution in [1.82, 2.24) is 10.3 Å². The summed E-state index contributed by atoms with van der Waals surface area (Å²) in [5, 5.41) is 6.13. The number of nitrogens with zero attached hydrogens (tertiary/aromatic N) is 1. The maximum Gasteiger partial charge on any atom is 0.269 e. The second-order valence-corrected chi connectivity index (χ2v) is 4.51. The molecule has 1 fully saturated rings. The average molecular weight is 233 g/mol. The molecule has 0 bridgehead atoms. The summed E-state index contributed by atoms with van der Waals surface area (Å²) in [5.74, 6) is 0.628. The summed E-state index contributed by atoms with van der Waals surface area (Å²) in [6, 6.07) is 3.66. The monoisotopic (exact) mass is 233 g/mol. The summed E-state index contributed by atoms with van der Waals surface area (Å²) in [7, 11) is 0. The number of hydrogen-bond donors (Lipinski definition) is 2. The Kier molecular flexibility index (Phi) is 3.96. The van der Waals surface area contributed by atoms with Crippen LogP contribution in [0.3, 0.4) is 0 Å². The topological polar surface area (TPSA) is 54.0 Å². The van der Waals surface area contributed by atoms with Crippen LogP contribution < -0.4 is 10.6 Å². The molecule has 2 N–H and O–H groups in total. The minimum atomic E-state index is -0.0704. The largest absolute Gasteiger partial charge is 0.384 e. The van der Waals surface area contributed by atoms with E-state index in [9.17, 15) is 4.79 Å². The number of hydrogen-bond acceptors (Lipinski definition) is 3. The van der Waals surface area contributed by atoms with Crippen LogP contribution in [0.1, 0.15) is 36.7 Å². The Balaban J connectivity index is 1.84. The highest BCUT2D eigenvalue weighted by Gasteiger charge is 2.21. The molecule has 0 unspecified atom stereocenters. The molecule has 1 aromatic heterocycles. The van der Waals surface area contributed by atoms with E-state index < -0.39 is 0 Å². The van der Waals surface area contributed by atoms with Gasteiger partial charge in [-0.05, 0) is 37.3 Å². The van der Waals surface area contributed by atoms with Gasteiger partial charge in [-0.15, -0.1) is 0 Å². The third kappa shape index (κ3) is 3.73. The smallest absolute Gasteiger partial charge is 0.269 e. The minimum Gasteiger partial charge on any atom is -0.384 e. The second-order valence-electron chi connectivity index (χ2n) is 4.51. The number of nitrogens with one attached hydrogen (secondary N) is 2. The van der Waals surface area contributed by atoms with E-state index >= 15 is 0 Å². The quantitative estimate of drug-likeness (QED) is 0.790. The molecule has 1 amide bonds. The van der Waals surface area contributed by atoms with Crippen LogP contribution >= 0.6 is 0 Å². The molecule has 0 atom stereocenters. The molecule has 17 heavy (non-hydrogen) atoms. The van der Waals surface area contributed by atoms with Gasteiger partial charge in [0.1, 0.15) is 5.69 Å². The normalized spacial score (nSPS) is 14.4. The SMILES string of the molecule is CCCNc1ccc(C(=O)NCC2CC2)nc1. The first-order chi connectivity index (χ1) is 8.29. The number of anilines is 1. The van der Waals surface area contributed by atoms with Crippen LogP contribution in [0.2, 0.25) is 0 Å². The van der Waals surface area contributed by atoms with Gasteiger partial charge in [0.25, 0.3) is 5.91 Å². The maximum absolute atomic E-state index is 11.7. The van der Waals surface area contributed by atoms with Crippen molar-refractivity contribution in [2.75, 3.05) is 18.4 Å². The molecule has 1 aromatic rings. The fourth-order valence-electron chi connectivity index (χ4n) is 1.55. The lowest BCUT2D eigenvalue weighted by molar-refractivity contribution is 0.0947. The predicted octanol–water partition coefficient (Wildman–Crippen LogP) is 2.04. The van der Waals surface area contributed by atoms with E-state index in [-0.39, 0.29) is 5.91 Å². The lowest BCUT2D eigenvalue weighted by Crippen LogP contribution is -2.26. The molecular weight excluding hydrogens is 214 g/mol. The van der Waals surface area contributed by atoms with Crippen LogP contribution in [0.25, 0.3) is 0 Å². The molecule has 1 aliphatic rings. The van der Waals surface area contributed by atoms with Gasteiger partial charge in [-0.25, -0.2) is 4.98 Å². The van der Waals surface area contributed by atoms with E-state index in [4.69, 9.17) is 0 Å². The van der Waals surface area contributed by atoms with Crippen molar-refractivity contribution in [3.8, 4) is 0 Å². The first-order valence-electron chi connectivity index (χ1n) is 6.27. The fourth-order valence-corrected chi connectivity index (χ4v) is 1.55. The molecule has 0 aliphatic heterocycles. The summed E-state index contributed by atoms with van der Waals surface area (Å²) in [5.41, 5.74) is 1.46. The van der Waals surface area contributed by atoms with Crippen molar-refractivity contribution in [3.05, 3.63) is 24.0 Å². The van der Waals surface area contributed by atoms with E-state index in [2.05, 4.69) is 22.5 Å². The fraction of sp³-hybridized carbons (Fsp3) is 0.538. The third-order valence-corrected chi connectivity index (χ3v) is 2.82. The van der Waals surface area contributed by atoms with Crippen molar-refractivity contribution in [2.24, 2.45) is 5.92 Å². The zero-order valence-electron chi connectivity index (χ0n) is 10.2. The molecule has 4 nitrogen and oxygen atoms in total. The third-order valence-electron chi connectivity index (χ3n) is 2.82. The van der Waals surface area contributed by atoms with Crippen LogP contribution in [0.5, 0.6) is 0 Å². The molecule has 4 heteroatoms. The molecule has 1 saturated carbocycles. The summed E-state index contributed by atoms with van der Waals surface area (Å²) in [6.45, 7) is 3.82. The van der Waals surface area contributed by atoms with Crippen molar-refractivity contribution in [3.63, 3.8) is 0 Å². The van der Waals surface area contributed by atoms with Gasteiger partial charge < -0.3 is 10.6 Å². The van der Waals surface area contributed by atoms with E-state index in [0.29, 0.717) is 11.6 Å². The molecule has 0 spiro atoms. The Morgan fingerprint density at radius 2 is 2.29 bits per heavy atom. The van der Waals surface area contributed by atoms with Crippen LogP contribution in [0.4, 0.5) is 5.69 Å². The first-order valence-corrected chi connectivity index (χ1v) is 6.27. The zero-order valence-corrected chi connectivity index (χ0v) is 10.2. The molecule has 1 aliphatic carbocycles. The lowest BCUT2D eigenvalue weighted by Gasteiger charge is -2.06. The van der Waals surface area contributed by atoms with Gasteiger partial charge in [-0.2, -0.15) is 0 Å². The van der Waals surface area contributed by atoms with Crippen molar-refractivity contribution in [2.45, 2.75) is 26.2 Å². The van der Waals surface area contributed by atoms with Crippen LogP contribution in [-0.2, 0) is 0 Å². The molecule has 0 saturated heterocycles. The Hall–Kier alpha value is -1.58. The summed E-state index contributed by atoms with van der Waals surface area (Å²) in [6.07, 6.45) is 5.27.